The van der Waals surface area contributed by atoms with Crippen LogP contribution in [0.15, 0.2) is 34.1 Å². The van der Waals surface area contributed by atoms with Gasteiger partial charge in [0.1, 0.15) is 16.4 Å². The van der Waals surface area contributed by atoms with E-state index in [1.165, 1.54) is 24.5 Å². The van der Waals surface area contributed by atoms with E-state index in [9.17, 15) is 9.18 Å². The third-order valence-electron chi connectivity index (χ3n) is 2.25. The van der Waals surface area contributed by atoms with E-state index in [-0.39, 0.29) is 11.3 Å². The van der Waals surface area contributed by atoms with Gasteiger partial charge in [-0.15, -0.1) is 11.3 Å². The van der Waals surface area contributed by atoms with Crippen molar-refractivity contribution < 1.29 is 13.9 Å². The zero-order chi connectivity index (χ0) is 12.4. The second-order valence-electron chi connectivity index (χ2n) is 3.24. The van der Waals surface area contributed by atoms with Crippen molar-refractivity contribution >= 4 is 33.0 Å². The fraction of sp³-hybridized carbons (Fsp3) is 0.0833. The van der Waals surface area contributed by atoms with Crippen molar-refractivity contribution in [1.82, 2.24) is 0 Å². The third-order valence-corrected chi connectivity index (χ3v) is 3.80. The summed E-state index contributed by atoms with van der Waals surface area (Å²) in [6.45, 7) is 0. The van der Waals surface area contributed by atoms with E-state index in [4.69, 9.17) is 4.74 Å². The van der Waals surface area contributed by atoms with E-state index in [1.54, 1.807) is 23.6 Å². The Labute approximate surface area is 110 Å². The lowest BCUT2D eigenvalue weighted by Crippen LogP contribution is -2.04. The van der Waals surface area contributed by atoms with Crippen LogP contribution in [0.1, 0.15) is 15.2 Å². The third kappa shape index (κ3) is 2.25. The van der Waals surface area contributed by atoms with Crippen molar-refractivity contribution in [2.45, 2.75) is 0 Å². The molecule has 88 valence electrons. The van der Waals surface area contributed by atoms with E-state index in [0.717, 1.165) is 0 Å². The van der Waals surface area contributed by atoms with Crippen LogP contribution in [0.3, 0.4) is 0 Å². The Hall–Kier alpha value is -1.20. The van der Waals surface area contributed by atoms with E-state index in [2.05, 4.69) is 15.9 Å². The molecule has 0 aliphatic rings. The Morgan fingerprint density at radius 2 is 2.18 bits per heavy atom. The molecule has 0 saturated carbocycles. The molecule has 0 aliphatic heterocycles. The van der Waals surface area contributed by atoms with Crippen LogP contribution in [0.25, 0.3) is 0 Å². The molecule has 0 unspecified atom stereocenters. The highest BCUT2D eigenvalue weighted by Crippen LogP contribution is 2.30. The number of rotatable bonds is 3. The van der Waals surface area contributed by atoms with Crippen LogP contribution in [0.5, 0.6) is 5.75 Å². The van der Waals surface area contributed by atoms with E-state index in [0.29, 0.717) is 15.1 Å². The number of methoxy groups -OCH3 is 1. The molecule has 0 saturated heterocycles. The first-order valence-electron chi connectivity index (χ1n) is 4.75. The van der Waals surface area contributed by atoms with Gasteiger partial charge >= 0.3 is 0 Å². The monoisotopic (exact) mass is 314 g/mol. The smallest absolute Gasteiger partial charge is 0.210 e. The van der Waals surface area contributed by atoms with Gasteiger partial charge in [-0.2, -0.15) is 0 Å². The molecule has 2 nitrogen and oxygen atoms in total. The molecule has 2 aromatic rings. The quantitative estimate of drug-likeness (QED) is 0.803. The van der Waals surface area contributed by atoms with Crippen molar-refractivity contribution in [2.75, 3.05) is 7.11 Å². The summed E-state index contributed by atoms with van der Waals surface area (Å²) >= 11 is 4.42. The number of benzene rings is 1. The molecule has 0 aliphatic carbocycles. The lowest BCUT2D eigenvalue weighted by atomic mass is 10.1. The zero-order valence-electron chi connectivity index (χ0n) is 8.87. The summed E-state index contributed by atoms with van der Waals surface area (Å²) in [5.74, 6) is -0.447. The van der Waals surface area contributed by atoms with Crippen molar-refractivity contribution in [2.24, 2.45) is 0 Å². The molecule has 1 aromatic carbocycles. The summed E-state index contributed by atoms with van der Waals surface area (Å²) in [6.07, 6.45) is 0. The Bertz CT molecular complexity index is 545. The van der Waals surface area contributed by atoms with Crippen LogP contribution in [0, 0.1) is 5.82 Å². The van der Waals surface area contributed by atoms with Gasteiger partial charge in [0, 0.05) is 4.47 Å². The first kappa shape index (κ1) is 12.3. The number of hydrogen-bond donors (Lipinski definition) is 0. The van der Waals surface area contributed by atoms with E-state index >= 15 is 0 Å². The maximum absolute atomic E-state index is 13.6. The van der Waals surface area contributed by atoms with Gasteiger partial charge in [0.15, 0.2) is 0 Å². The number of halogens is 2. The van der Waals surface area contributed by atoms with Crippen molar-refractivity contribution in [3.05, 3.63) is 50.4 Å². The van der Waals surface area contributed by atoms with E-state index in [1.807, 2.05) is 0 Å². The van der Waals surface area contributed by atoms with Crippen LogP contribution in [0.2, 0.25) is 0 Å². The molecule has 1 heterocycles. The number of carbonyl (C=O) groups excluding carboxylic acids is 1. The molecular formula is C12H8BrFO2S. The van der Waals surface area contributed by atoms with Gasteiger partial charge < -0.3 is 4.74 Å². The number of thiophene rings is 1. The summed E-state index contributed by atoms with van der Waals surface area (Å²) in [7, 11) is 1.48. The summed E-state index contributed by atoms with van der Waals surface area (Å²) in [5, 5.41) is 1.74. The first-order chi connectivity index (χ1) is 8.15. The second kappa shape index (κ2) is 4.98. The molecule has 2 rings (SSSR count). The number of ketones is 1. The van der Waals surface area contributed by atoms with Crippen molar-refractivity contribution in [1.29, 1.82) is 0 Å². The lowest BCUT2D eigenvalue weighted by molar-refractivity contribution is 0.103. The topological polar surface area (TPSA) is 26.3 Å². The highest BCUT2D eigenvalue weighted by Gasteiger charge is 2.21. The van der Waals surface area contributed by atoms with Gasteiger partial charge in [0.25, 0.3) is 0 Å². The minimum absolute atomic E-state index is 0.0354. The highest BCUT2D eigenvalue weighted by molar-refractivity contribution is 9.10. The first-order valence-corrected chi connectivity index (χ1v) is 6.42. The van der Waals surface area contributed by atoms with Gasteiger partial charge in [0.2, 0.25) is 5.78 Å². The fourth-order valence-corrected chi connectivity index (χ4v) is 2.78. The summed E-state index contributed by atoms with van der Waals surface area (Å²) in [6, 6.07) is 6.13. The standard InChI is InChI=1S/C12H8BrFO2S/c1-16-9-5-6-17-12(9)11(15)10-7(13)3-2-4-8(10)14/h2-6H,1H3. The van der Waals surface area contributed by atoms with Gasteiger partial charge in [-0.1, -0.05) is 6.07 Å². The predicted octanol–water partition coefficient (Wildman–Crippen LogP) is 3.89. The van der Waals surface area contributed by atoms with Crippen LogP contribution < -0.4 is 4.74 Å². The van der Waals surface area contributed by atoms with Crippen LogP contribution in [0.4, 0.5) is 4.39 Å². The lowest BCUT2D eigenvalue weighted by Gasteiger charge is -2.05. The average molecular weight is 315 g/mol. The molecule has 0 N–H and O–H groups in total. The second-order valence-corrected chi connectivity index (χ2v) is 5.01. The molecular weight excluding hydrogens is 307 g/mol. The Kier molecular flexibility index (Phi) is 3.59. The molecule has 0 amide bonds. The van der Waals surface area contributed by atoms with Crippen LogP contribution >= 0.6 is 27.3 Å². The molecule has 17 heavy (non-hydrogen) atoms. The number of hydrogen-bond acceptors (Lipinski definition) is 3. The molecule has 5 heteroatoms. The Balaban J connectivity index is 2.51. The molecule has 0 radical (unpaired) electrons. The predicted molar refractivity (Wildman–Crippen MR) is 68.4 cm³/mol. The Morgan fingerprint density at radius 3 is 2.82 bits per heavy atom. The van der Waals surface area contributed by atoms with Gasteiger partial charge in [0.05, 0.1) is 12.7 Å². The number of ether oxygens (including phenoxy) is 1. The maximum Gasteiger partial charge on any atom is 0.210 e. The van der Waals surface area contributed by atoms with Gasteiger partial charge in [-0.3, -0.25) is 4.79 Å². The molecule has 1 aromatic heterocycles. The van der Waals surface area contributed by atoms with Crippen LogP contribution in [-0.4, -0.2) is 12.9 Å². The highest BCUT2D eigenvalue weighted by atomic mass is 79.9. The fourth-order valence-electron chi connectivity index (χ4n) is 1.45. The maximum atomic E-state index is 13.6. The molecule has 0 spiro atoms. The van der Waals surface area contributed by atoms with Gasteiger partial charge in [-0.25, -0.2) is 4.39 Å². The van der Waals surface area contributed by atoms with Gasteiger partial charge in [-0.05, 0) is 39.5 Å². The minimum atomic E-state index is -0.542. The summed E-state index contributed by atoms with van der Waals surface area (Å²) in [5.41, 5.74) is 0.0354. The van der Waals surface area contributed by atoms with E-state index < -0.39 is 5.82 Å². The SMILES string of the molecule is COc1ccsc1C(=O)c1c(F)cccc1Br. The average Bonchev–Trinajstić information content (AvgIpc) is 2.76. The van der Waals surface area contributed by atoms with Crippen molar-refractivity contribution in [3.63, 3.8) is 0 Å². The summed E-state index contributed by atoms with van der Waals surface area (Å²) < 4.78 is 19.1. The molecule has 0 bridgehead atoms. The Morgan fingerprint density at radius 1 is 1.41 bits per heavy atom. The zero-order valence-corrected chi connectivity index (χ0v) is 11.3. The minimum Gasteiger partial charge on any atom is -0.495 e. The van der Waals surface area contributed by atoms with Crippen molar-refractivity contribution in [3.8, 4) is 5.75 Å². The summed E-state index contributed by atoms with van der Waals surface area (Å²) in [4.78, 5) is 12.6. The number of carbonyl (C=O) groups is 1. The molecule has 0 atom stereocenters. The van der Waals surface area contributed by atoms with Crippen LogP contribution in [-0.2, 0) is 0 Å². The molecule has 0 fully saturated rings. The largest absolute Gasteiger partial charge is 0.495 e. The normalized spacial score (nSPS) is 10.3.